The molecule has 2 amide bonds. The molecule has 27 heavy (non-hydrogen) atoms. The van der Waals surface area contributed by atoms with Gasteiger partial charge in [0.1, 0.15) is 11.2 Å². The number of alkyl halides is 2. The van der Waals surface area contributed by atoms with Crippen LogP contribution in [0.2, 0.25) is 0 Å². The maximum Gasteiger partial charge on any atom is 0.410 e. The van der Waals surface area contributed by atoms with E-state index in [1.54, 1.807) is 20.8 Å². The topological polar surface area (TPSA) is 88.5 Å². The molecule has 0 atom stereocenters. The largest absolute Gasteiger partial charge is 0.444 e. The van der Waals surface area contributed by atoms with Gasteiger partial charge in [0.2, 0.25) is 0 Å². The van der Waals surface area contributed by atoms with Crippen molar-refractivity contribution in [2.75, 3.05) is 26.2 Å². The molecule has 0 aromatic rings. The second-order valence-corrected chi connectivity index (χ2v) is 8.44. The first-order chi connectivity index (χ1) is 12.2. The van der Waals surface area contributed by atoms with Gasteiger partial charge >= 0.3 is 18.8 Å². The predicted molar refractivity (Wildman–Crippen MR) is 92.5 cm³/mol. The average molecular weight is 396 g/mol. The Morgan fingerprint density at radius 1 is 0.889 bits per heavy atom. The zero-order chi connectivity index (χ0) is 21.0. The van der Waals surface area contributed by atoms with Crippen LogP contribution < -0.4 is 0 Å². The third kappa shape index (κ3) is 9.18. The minimum absolute atomic E-state index is 0.166. The molecule has 0 aliphatic carbocycles. The van der Waals surface area contributed by atoms with E-state index < -0.39 is 30.0 Å². The van der Waals surface area contributed by atoms with Gasteiger partial charge in [0, 0.05) is 0 Å². The molecular weight excluding hydrogens is 366 g/mol. The second kappa shape index (κ2) is 9.01. The van der Waals surface area contributed by atoms with Crippen molar-refractivity contribution >= 4 is 12.2 Å². The van der Waals surface area contributed by atoms with Gasteiger partial charge in [0.05, 0.1) is 38.4 Å². The highest BCUT2D eigenvalue weighted by Crippen LogP contribution is 2.18. The van der Waals surface area contributed by atoms with Crippen molar-refractivity contribution < 1.29 is 37.7 Å². The molecule has 2 aliphatic heterocycles. The smallest absolute Gasteiger partial charge is 0.410 e. The van der Waals surface area contributed by atoms with E-state index in [9.17, 15) is 18.4 Å². The van der Waals surface area contributed by atoms with Gasteiger partial charge < -0.3 is 29.1 Å². The summed E-state index contributed by atoms with van der Waals surface area (Å²) in [6.07, 6.45) is -1.76. The van der Waals surface area contributed by atoms with Crippen LogP contribution in [0.1, 0.15) is 41.5 Å². The summed E-state index contributed by atoms with van der Waals surface area (Å²) in [6.45, 7) is 9.05. The summed E-state index contributed by atoms with van der Waals surface area (Å²) < 4.78 is 37.8. The van der Waals surface area contributed by atoms with E-state index in [1.165, 1.54) is 9.80 Å². The lowest BCUT2D eigenvalue weighted by molar-refractivity contribution is -0.192. The second-order valence-electron chi connectivity index (χ2n) is 8.44. The Bertz CT molecular complexity index is 507. The summed E-state index contributed by atoms with van der Waals surface area (Å²) in [5.41, 5.74) is -1.01. The standard InChI is InChI=1S/C9H15F2NO3.C8H15NO3/c1-9(2,3)15-8(13)12-4-6(5-12)14-7(10)11;1-8(2,3)12-7(11)9-4-6(10)5-9/h6-7H,4-5H2,1-3H3;6,10H,4-5H2,1-3H3. The molecule has 10 heteroatoms. The number of ether oxygens (including phenoxy) is 3. The van der Waals surface area contributed by atoms with Gasteiger partial charge in [-0.05, 0) is 41.5 Å². The zero-order valence-corrected chi connectivity index (χ0v) is 16.7. The average Bonchev–Trinajstić information content (AvgIpc) is 2.35. The predicted octanol–water partition coefficient (Wildman–Crippen LogP) is 2.44. The molecule has 2 fully saturated rings. The highest BCUT2D eigenvalue weighted by Gasteiger charge is 2.35. The van der Waals surface area contributed by atoms with Crippen molar-refractivity contribution in [2.24, 2.45) is 0 Å². The SMILES string of the molecule is CC(C)(C)OC(=O)N1CC(O)C1.CC(C)(C)OC(=O)N1CC(OC(F)F)C1. The Hall–Kier alpha value is -1.68. The van der Waals surface area contributed by atoms with Crippen molar-refractivity contribution in [3.8, 4) is 0 Å². The first-order valence-corrected chi connectivity index (χ1v) is 8.74. The van der Waals surface area contributed by atoms with Crippen LogP contribution in [-0.2, 0) is 14.2 Å². The fourth-order valence-electron chi connectivity index (χ4n) is 2.08. The summed E-state index contributed by atoms with van der Waals surface area (Å²) in [7, 11) is 0. The van der Waals surface area contributed by atoms with E-state index in [0.717, 1.165) is 0 Å². The molecule has 0 unspecified atom stereocenters. The van der Waals surface area contributed by atoms with Crippen molar-refractivity contribution in [3.63, 3.8) is 0 Å². The Morgan fingerprint density at radius 3 is 1.56 bits per heavy atom. The van der Waals surface area contributed by atoms with Crippen molar-refractivity contribution in [3.05, 3.63) is 0 Å². The third-order valence-electron chi connectivity index (χ3n) is 3.31. The molecule has 0 radical (unpaired) electrons. The van der Waals surface area contributed by atoms with Gasteiger partial charge in [-0.1, -0.05) is 0 Å². The number of aliphatic hydroxyl groups is 1. The number of hydrogen-bond acceptors (Lipinski definition) is 6. The molecule has 0 saturated carbocycles. The maximum absolute atomic E-state index is 11.7. The summed E-state index contributed by atoms with van der Waals surface area (Å²) >= 11 is 0. The van der Waals surface area contributed by atoms with Gasteiger partial charge in [-0.3, -0.25) is 0 Å². The van der Waals surface area contributed by atoms with Crippen LogP contribution in [0.3, 0.4) is 0 Å². The number of aliphatic hydroxyl groups excluding tert-OH is 1. The molecule has 0 bridgehead atoms. The van der Waals surface area contributed by atoms with E-state index in [0.29, 0.717) is 13.1 Å². The summed E-state index contributed by atoms with van der Waals surface area (Å²) in [5, 5.41) is 8.92. The van der Waals surface area contributed by atoms with Crippen molar-refractivity contribution in [2.45, 2.75) is 71.6 Å². The lowest BCUT2D eigenvalue weighted by Crippen LogP contribution is -2.56. The Kier molecular flexibility index (Phi) is 7.79. The lowest BCUT2D eigenvalue weighted by Gasteiger charge is -2.39. The number of amides is 2. The monoisotopic (exact) mass is 396 g/mol. The fraction of sp³-hybridized carbons (Fsp3) is 0.882. The molecule has 2 saturated heterocycles. The summed E-state index contributed by atoms with van der Waals surface area (Å²) in [4.78, 5) is 25.3. The molecular formula is C17H30F2N2O6. The molecule has 1 N–H and O–H groups in total. The third-order valence-corrected chi connectivity index (χ3v) is 3.31. The lowest BCUT2D eigenvalue weighted by atomic mass is 10.2. The minimum atomic E-state index is -2.78. The van der Waals surface area contributed by atoms with Gasteiger partial charge in [-0.2, -0.15) is 8.78 Å². The minimum Gasteiger partial charge on any atom is -0.444 e. The molecule has 0 spiro atoms. The number of carbonyl (C=O) groups is 2. The number of β-amino-alcohol motifs (C(OH)–C–C–N with tert-alkyl or cyclic N) is 1. The molecule has 2 aliphatic rings. The van der Waals surface area contributed by atoms with Gasteiger partial charge in [0.15, 0.2) is 0 Å². The summed E-state index contributed by atoms with van der Waals surface area (Å²) in [5.74, 6) is 0. The van der Waals surface area contributed by atoms with E-state index in [2.05, 4.69) is 4.74 Å². The molecule has 2 rings (SSSR count). The van der Waals surface area contributed by atoms with Crippen LogP contribution in [0.15, 0.2) is 0 Å². The van der Waals surface area contributed by atoms with Crippen molar-refractivity contribution in [1.82, 2.24) is 9.80 Å². The van der Waals surface area contributed by atoms with E-state index in [4.69, 9.17) is 14.6 Å². The number of hydrogen-bond donors (Lipinski definition) is 1. The van der Waals surface area contributed by atoms with Crippen LogP contribution in [-0.4, -0.2) is 83.3 Å². The number of rotatable bonds is 2. The van der Waals surface area contributed by atoms with E-state index >= 15 is 0 Å². The maximum atomic E-state index is 11.7. The first kappa shape index (κ1) is 23.4. The quantitative estimate of drug-likeness (QED) is 0.771. The van der Waals surface area contributed by atoms with Crippen LogP contribution in [0.5, 0.6) is 0 Å². The van der Waals surface area contributed by atoms with Crippen molar-refractivity contribution in [1.29, 1.82) is 0 Å². The normalized spacial score (nSPS) is 18.3. The number of likely N-dealkylation sites (tertiary alicyclic amines) is 2. The Labute approximate surface area is 158 Å². The Morgan fingerprint density at radius 2 is 1.26 bits per heavy atom. The van der Waals surface area contributed by atoms with Gasteiger partial charge in [-0.15, -0.1) is 0 Å². The highest BCUT2D eigenvalue weighted by atomic mass is 19.3. The molecule has 158 valence electrons. The number of halogens is 2. The highest BCUT2D eigenvalue weighted by molar-refractivity contribution is 5.69. The number of carbonyl (C=O) groups excluding carboxylic acids is 2. The molecule has 0 aromatic heterocycles. The Balaban J connectivity index is 0.000000277. The van der Waals surface area contributed by atoms with Crippen LogP contribution in [0, 0.1) is 0 Å². The van der Waals surface area contributed by atoms with Gasteiger partial charge in [-0.25, -0.2) is 9.59 Å². The molecule has 2 heterocycles. The van der Waals surface area contributed by atoms with E-state index in [-0.39, 0.29) is 25.3 Å². The fourth-order valence-corrected chi connectivity index (χ4v) is 2.08. The van der Waals surface area contributed by atoms with E-state index in [1.807, 2.05) is 20.8 Å². The van der Waals surface area contributed by atoms with Crippen LogP contribution in [0.4, 0.5) is 18.4 Å². The first-order valence-electron chi connectivity index (χ1n) is 8.74. The molecule has 8 nitrogen and oxygen atoms in total. The van der Waals surface area contributed by atoms with Crippen LogP contribution >= 0.6 is 0 Å². The molecule has 0 aromatic carbocycles. The van der Waals surface area contributed by atoms with Crippen LogP contribution in [0.25, 0.3) is 0 Å². The number of nitrogens with zero attached hydrogens (tertiary/aromatic N) is 2. The zero-order valence-electron chi connectivity index (χ0n) is 16.7. The summed E-state index contributed by atoms with van der Waals surface area (Å²) in [6, 6.07) is 0. The van der Waals surface area contributed by atoms with Gasteiger partial charge in [0.25, 0.3) is 0 Å².